The van der Waals surface area contributed by atoms with Crippen LogP contribution in [0.2, 0.25) is 0 Å². The number of piperidine rings is 1. The smallest absolute Gasteiger partial charge is 0.321 e. The van der Waals surface area contributed by atoms with E-state index in [1.54, 1.807) is 0 Å². The normalized spacial score (nSPS) is 22.5. The van der Waals surface area contributed by atoms with Crippen LogP contribution in [0.1, 0.15) is 91.9 Å². The van der Waals surface area contributed by atoms with E-state index in [9.17, 15) is 9.90 Å². The van der Waals surface area contributed by atoms with Crippen LogP contribution < -0.4 is 0 Å². The molecule has 2 fully saturated rings. The van der Waals surface area contributed by atoms with Gasteiger partial charge in [0.25, 0.3) is 0 Å². The third kappa shape index (κ3) is 7.41. The van der Waals surface area contributed by atoms with Gasteiger partial charge in [-0.3, -0.25) is 14.4 Å². The quantitative estimate of drug-likeness (QED) is 0.266. The van der Waals surface area contributed by atoms with Crippen molar-refractivity contribution in [3.8, 4) is 0 Å². The van der Waals surface area contributed by atoms with Gasteiger partial charge in [-0.25, -0.2) is 0 Å². The van der Waals surface area contributed by atoms with Crippen molar-refractivity contribution in [2.24, 2.45) is 11.8 Å². The van der Waals surface area contributed by atoms with Gasteiger partial charge in [0, 0.05) is 37.2 Å². The highest BCUT2D eigenvalue weighted by atomic mass is 16.4. The zero-order valence-corrected chi connectivity index (χ0v) is 27.2. The van der Waals surface area contributed by atoms with E-state index < -0.39 is 12.0 Å². The largest absolute Gasteiger partial charge is 0.480 e. The summed E-state index contributed by atoms with van der Waals surface area (Å²) in [7, 11) is 2.04. The molecule has 4 atom stereocenters. The number of carboxylic acids is 1. The Hall–Kier alpha value is -2.96. The van der Waals surface area contributed by atoms with Gasteiger partial charge in [-0.05, 0) is 102 Å². The number of carboxylic acid groups (broad SMARTS) is 1. The summed E-state index contributed by atoms with van der Waals surface area (Å²) in [6, 6.07) is 20.0. The number of likely N-dealkylation sites (tertiary alicyclic amines) is 1. The van der Waals surface area contributed by atoms with Gasteiger partial charge in [0.2, 0.25) is 0 Å². The summed E-state index contributed by atoms with van der Waals surface area (Å²) in [5.41, 5.74) is 7.90. The lowest BCUT2D eigenvalue weighted by Gasteiger charge is -2.35. The van der Waals surface area contributed by atoms with Crippen molar-refractivity contribution in [2.45, 2.75) is 97.2 Å². The third-order valence-corrected chi connectivity index (χ3v) is 10.2. The lowest BCUT2D eigenvalue weighted by atomic mass is 9.86. The lowest BCUT2D eigenvalue weighted by Crippen LogP contribution is -2.47. The summed E-state index contributed by atoms with van der Waals surface area (Å²) in [5.74, 6) is 0.899. The Morgan fingerprint density at radius 2 is 1.74 bits per heavy atom. The summed E-state index contributed by atoms with van der Waals surface area (Å²) >= 11 is 0. The Morgan fingerprint density at radius 3 is 2.37 bits per heavy atom. The molecule has 0 spiro atoms. The van der Waals surface area contributed by atoms with Gasteiger partial charge in [-0.1, -0.05) is 73.5 Å². The van der Waals surface area contributed by atoms with E-state index in [2.05, 4.69) is 89.9 Å². The zero-order valence-electron chi connectivity index (χ0n) is 27.2. The molecule has 0 amide bonds. The van der Waals surface area contributed by atoms with E-state index in [-0.39, 0.29) is 12.0 Å². The van der Waals surface area contributed by atoms with E-state index >= 15 is 0 Å². The average molecular weight is 585 g/mol. The van der Waals surface area contributed by atoms with Crippen LogP contribution in [0.25, 0.3) is 0 Å². The Labute approximate surface area is 259 Å². The number of hydrogen-bond acceptors (Lipinski definition) is 4. The molecule has 2 heterocycles. The Morgan fingerprint density at radius 1 is 1.02 bits per heavy atom. The molecule has 2 aromatic carbocycles. The first-order valence-corrected chi connectivity index (χ1v) is 16.5. The number of benzene rings is 2. The van der Waals surface area contributed by atoms with Crippen molar-refractivity contribution in [1.29, 1.82) is 0 Å². The number of nitrogens with zero attached hydrogens (tertiary/aromatic N) is 4. The molecule has 0 bridgehead atoms. The van der Waals surface area contributed by atoms with Crippen LogP contribution in [0.4, 0.5) is 0 Å². The number of likely N-dealkylation sites (N-methyl/N-ethyl adjacent to an activating group) is 1. The van der Waals surface area contributed by atoms with E-state index in [1.807, 2.05) is 20.9 Å². The predicted molar refractivity (Wildman–Crippen MR) is 175 cm³/mol. The first kappa shape index (κ1) is 31.5. The summed E-state index contributed by atoms with van der Waals surface area (Å²) in [6.07, 6.45) is 5.29. The van der Waals surface area contributed by atoms with Crippen molar-refractivity contribution in [3.63, 3.8) is 0 Å². The number of aryl methyl sites for hydroxylation is 3. The standard InChI is InChI=1S/C37H52N4O2/c1-7-41-35(22-32(38-41)20-28-13-11-26(4)12-14-28)29-15-17-40(18-16-29)24-31-21-33(39(6)36(25(2)3)37(42)43)23-34(31)30-10-8-9-27(5)19-30/h8-14,19,22,25,29,31,33-34,36H,7,15-18,20-21,23-24H2,1-6H3,(H,42,43)/t31-,33+,34-,36-/m1/s1. The minimum Gasteiger partial charge on any atom is -0.480 e. The lowest BCUT2D eigenvalue weighted by molar-refractivity contribution is -0.145. The van der Waals surface area contributed by atoms with Gasteiger partial charge in [0.05, 0.1) is 5.69 Å². The minimum absolute atomic E-state index is 0.0759. The average Bonchev–Trinajstić information content (AvgIpc) is 3.58. The minimum atomic E-state index is -0.705. The fourth-order valence-electron chi connectivity index (χ4n) is 7.91. The second kappa shape index (κ2) is 13.8. The van der Waals surface area contributed by atoms with Crippen molar-refractivity contribution in [1.82, 2.24) is 19.6 Å². The molecule has 1 N–H and O–H groups in total. The fraction of sp³-hybridized carbons (Fsp3) is 0.568. The number of rotatable bonds is 11. The zero-order chi connectivity index (χ0) is 30.7. The van der Waals surface area contributed by atoms with E-state index in [0.717, 1.165) is 58.3 Å². The van der Waals surface area contributed by atoms with Crippen molar-refractivity contribution < 1.29 is 9.90 Å². The highest BCUT2D eigenvalue weighted by molar-refractivity contribution is 5.73. The topological polar surface area (TPSA) is 61.6 Å². The summed E-state index contributed by atoms with van der Waals surface area (Å²) in [5, 5.41) is 15.0. The van der Waals surface area contributed by atoms with Gasteiger partial charge < -0.3 is 10.0 Å². The summed E-state index contributed by atoms with van der Waals surface area (Å²) in [6.45, 7) is 14.8. The fourth-order valence-corrected chi connectivity index (χ4v) is 7.91. The molecule has 5 rings (SSSR count). The van der Waals surface area contributed by atoms with E-state index in [4.69, 9.17) is 5.10 Å². The Bertz CT molecular complexity index is 1360. The number of hydrogen-bond donors (Lipinski definition) is 1. The highest BCUT2D eigenvalue weighted by Crippen LogP contribution is 2.43. The molecular weight excluding hydrogens is 532 g/mol. The summed E-state index contributed by atoms with van der Waals surface area (Å²) < 4.78 is 2.24. The second-order valence-corrected chi connectivity index (χ2v) is 13.7. The molecule has 232 valence electrons. The predicted octanol–water partition coefficient (Wildman–Crippen LogP) is 6.89. The molecule has 1 saturated heterocycles. The maximum atomic E-state index is 12.2. The third-order valence-electron chi connectivity index (χ3n) is 10.2. The molecule has 0 radical (unpaired) electrons. The van der Waals surface area contributed by atoms with Crippen molar-refractivity contribution >= 4 is 5.97 Å². The molecule has 2 aliphatic rings. The van der Waals surface area contributed by atoms with Crippen LogP contribution in [0.5, 0.6) is 0 Å². The van der Waals surface area contributed by atoms with Crippen LogP contribution in [-0.2, 0) is 17.8 Å². The molecule has 0 unspecified atom stereocenters. The number of carbonyl (C=O) groups is 1. The van der Waals surface area contributed by atoms with Crippen LogP contribution in [-0.4, -0.2) is 69.4 Å². The second-order valence-electron chi connectivity index (χ2n) is 13.7. The van der Waals surface area contributed by atoms with Crippen molar-refractivity contribution in [2.75, 3.05) is 26.7 Å². The Kier molecular flexibility index (Phi) is 10.1. The monoisotopic (exact) mass is 584 g/mol. The van der Waals surface area contributed by atoms with Gasteiger partial charge in [-0.15, -0.1) is 0 Å². The van der Waals surface area contributed by atoms with Gasteiger partial charge in [0.1, 0.15) is 6.04 Å². The molecule has 3 aromatic rings. The Balaban J connectivity index is 1.26. The molecule has 6 heteroatoms. The van der Waals surface area contributed by atoms with E-state index in [0.29, 0.717) is 17.8 Å². The SMILES string of the molecule is CCn1nc(Cc2ccc(C)cc2)cc1C1CCN(C[C@H]2C[C@H](N(C)[C@@H](C(=O)O)C(C)C)C[C@@H]2c2cccc(C)c2)CC1. The highest BCUT2D eigenvalue weighted by Gasteiger charge is 2.41. The maximum absolute atomic E-state index is 12.2. The molecular formula is C37H52N4O2. The van der Waals surface area contributed by atoms with Crippen LogP contribution >= 0.6 is 0 Å². The first-order valence-electron chi connectivity index (χ1n) is 16.5. The molecule has 43 heavy (non-hydrogen) atoms. The number of aromatic nitrogens is 2. The maximum Gasteiger partial charge on any atom is 0.321 e. The molecule has 1 aromatic heterocycles. The van der Waals surface area contributed by atoms with Crippen LogP contribution in [0, 0.1) is 25.7 Å². The van der Waals surface area contributed by atoms with Crippen molar-refractivity contribution in [3.05, 3.63) is 88.2 Å². The van der Waals surface area contributed by atoms with Gasteiger partial charge >= 0.3 is 5.97 Å². The first-order chi connectivity index (χ1) is 20.6. The van der Waals surface area contributed by atoms with E-state index in [1.165, 1.54) is 33.6 Å². The summed E-state index contributed by atoms with van der Waals surface area (Å²) in [4.78, 5) is 17.0. The molecule has 1 aliphatic carbocycles. The molecule has 6 nitrogen and oxygen atoms in total. The molecule has 1 saturated carbocycles. The van der Waals surface area contributed by atoms with Gasteiger partial charge in [-0.2, -0.15) is 5.10 Å². The molecule has 1 aliphatic heterocycles. The van der Waals surface area contributed by atoms with Gasteiger partial charge in [0.15, 0.2) is 0 Å². The number of aliphatic carboxylic acids is 1. The van der Waals surface area contributed by atoms with Crippen LogP contribution in [0.3, 0.4) is 0 Å². The van der Waals surface area contributed by atoms with Crippen LogP contribution in [0.15, 0.2) is 54.6 Å².